The summed E-state index contributed by atoms with van der Waals surface area (Å²) in [5.74, 6) is 0. The second-order valence-corrected chi connectivity index (χ2v) is 23.3. The summed E-state index contributed by atoms with van der Waals surface area (Å²) in [4.78, 5) is 0. The summed E-state index contributed by atoms with van der Waals surface area (Å²) in [6.45, 7) is 3.34. The van der Waals surface area contributed by atoms with Crippen LogP contribution in [-0.4, -0.2) is 38.8 Å². The van der Waals surface area contributed by atoms with Crippen LogP contribution in [0, 0.1) is 0 Å². The molecule has 0 aliphatic carbocycles. The van der Waals surface area contributed by atoms with Crippen LogP contribution in [0.25, 0.3) is 0 Å². The van der Waals surface area contributed by atoms with Gasteiger partial charge < -0.3 is 18.1 Å². The topological polar surface area (TPSA) is 61.6 Å². The molecule has 0 unspecified atom stereocenters. The Balaban J connectivity index is 2.12. The quantitative estimate of drug-likeness (QED) is 0.101. The average Bonchev–Trinajstić information content (AvgIpc) is 3.08. The number of hydrogen-bond donors (Lipinski definition) is 0. The minimum atomic E-state index is -3.03. The van der Waals surface area contributed by atoms with Crippen molar-refractivity contribution in [1.29, 1.82) is 0 Å². The van der Waals surface area contributed by atoms with Crippen LogP contribution >= 0.6 is 27.4 Å². The third-order valence-electron chi connectivity index (χ3n) is 7.17. The van der Waals surface area contributed by atoms with Crippen molar-refractivity contribution < 1.29 is 18.1 Å². The Kier molecular flexibility index (Phi) is 14.4. The highest BCUT2D eigenvalue weighted by Crippen LogP contribution is 2.66. The smallest absolute Gasteiger partial charge is 0.308 e. The molecule has 0 saturated carbocycles. The number of benzene rings is 4. The molecule has 0 aliphatic rings. The fraction of sp³-hybridized carbons (Fsp3) is 0.294. The van der Waals surface area contributed by atoms with Gasteiger partial charge in [0, 0.05) is 14.1 Å². The SMILES string of the molecule is CCOP(=S)(N=P(CCP(=NP(=S)(OCC)OCC)(c1ccccc1)c1ccccc1)(c1ccccc1)c1ccccc1)OCC. The normalized spacial score (nSPS) is 12.5. The van der Waals surface area contributed by atoms with Crippen molar-refractivity contribution in [2.24, 2.45) is 9.03 Å². The van der Waals surface area contributed by atoms with Crippen LogP contribution in [0.2, 0.25) is 0 Å². The van der Waals surface area contributed by atoms with Crippen LogP contribution in [0.1, 0.15) is 27.7 Å². The van der Waals surface area contributed by atoms with E-state index in [0.29, 0.717) is 38.8 Å². The monoisotopic (exact) mass is 732 g/mol. The molecule has 0 aromatic heterocycles. The summed E-state index contributed by atoms with van der Waals surface area (Å²) in [5, 5.41) is 4.46. The summed E-state index contributed by atoms with van der Waals surface area (Å²) in [6, 6.07) is 42.0. The lowest BCUT2D eigenvalue weighted by atomic mass is 10.4. The Bertz CT molecular complexity index is 1490. The zero-order chi connectivity index (χ0) is 32.9. The van der Waals surface area contributed by atoms with Crippen LogP contribution in [-0.2, 0) is 41.7 Å². The molecule has 4 aromatic carbocycles. The van der Waals surface area contributed by atoms with Crippen molar-refractivity contribution in [3.05, 3.63) is 121 Å². The Morgan fingerprint density at radius 1 is 0.413 bits per heavy atom. The van der Waals surface area contributed by atoms with E-state index in [4.69, 9.17) is 50.7 Å². The van der Waals surface area contributed by atoms with Crippen molar-refractivity contribution in [3.8, 4) is 0 Å². The van der Waals surface area contributed by atoms with E-state index in [1.165, 1.54) is 0 Å². The Hall–Kier alpha value is -1.52. The zero-order valence-corrected chi connectivity index (χ0v) is 32.1. The summed E-state index contributed by atoms with van der Waals surface area (Å²) in [7, 11) is -5.26. The molecule has 0 radical (unpaired) electrons. The third-order valence-corrected chi connectivity index (χ3v) is 23.0. The third kappa shape index (κ3) is 9.13. The van der Waals surface area contributed by atoms with Gasteiger partial charge in [-0.2, -0.15) is 0 Å². The molecule has 0 N–H and O–H groups in total. The highest BCUT2D eigenvalue weighted by atomic mass is 32.5. The maximum atomic E-state index is 6.21. The van der Waals surface area contributed by atoms with Crippen molar-refractivity contribution in [2.75, 3.05) is 38.8 Å². The highest BCUT2D eigenvalue weighted by Gasteiger charge is 2.36. The molecule has 4 aromatic rings. The van der Waals surface area contributed by atoms with Gasteiger partial charge in [-0.3, -0.25) is 0 Å². The molecule has 0 heterocycles. The average molecular weight is 733 g/mol. The lowest BCUT2D eigenvalue weighted by molar-refractivity contribution is 0.267. The van der Waals surface area contributed by atoms with Gasteiger partial charge in [0.05, 0.1) is 26.4 Å². The maximum absolute atomic E-state index is 6.21. The lowest BCUT2D eigenvalue weighted by Gasteiger charge is -2.34. The standard InChI is InChI=1S/C34H44N2O4P4S2/c1-5-37-43(45,38-6-2)35-41(31-21-13-9-14-22-31,32-23-15-10-16-24-32)29-30-42(33-25-17-11-18-26-33,34-27-19-12-20-28-34)36-44(46,39-7-3)40-8-4/h9-28H,5-8,29-30H2,1-4H3. The summed E-state index contributed by atoms with van der Waals surface area (Å²) < 4.78 is 36.1. The minimum Gasteiger partial charge on any atom is -0.313 e. The van der Waals surface area contributed by atoms with Gasteiger partial charge in [0.1, 0.15) is 0 Å². The zero-order valence-electron chi connectivity index (χ0n) is 26.9. The van der Waals surface area contributed by atoms with Gasteiger partial charge in [-0.1, -0.05) is 121 Å². The Morgan fingerprint density at radius 2 is 0.630 bits per heavy atom. The van der Waals surface area contributed by atoms with Gasteiger partial charge in [-0.15, -0.1) is 0 Å². The first kappa shape index (κ1) is 37.3. The van der Waals surface area contributed by atoms with E-state index in [0.717, 1.165) is 21.2 Å². The molecule has 0 fully saturated rings. The lowest BCUT2D eigenvalue weighted by Crippen LogP contribution is -2.25. The predicted octanol–water partition coefficient (Wildman–Crippen LogP) is 9.29. The van der Waals surface area contributed by atoms with Crippen LogP contribution in [0.3, 0.4) is 0 Å². The molecule has 12 heteroatoms. The molecule has 0 saturated heterocycles. The van der Waals surface area contributed by atoms with Crippen molar-refractivity contribution in [3.63, 3.8) is 0 Å². The van der Waals surface area contributed by atoms with E-state index >= 15 is 0 Å². The van der Waals surface area contributed by atoms with Gasteiger partial charge >= 0.3 is 13.3 Å². The van der Waals surface area contributed by atoms with E-state index in [-0.39, 0.29) is 0 Å². The van der Waals surface area contributed by atoms with Gasteiger partial charge in [-0.05, 0) is 84.9 Å². The second-order valence-electron chi connectivity index (χ2n) is 10.1. The summed E-state index contributed by atoms with van der Waals surface area (Å²) in [6.07, 6.45) is 1.32. The van der Waals surface area contributed by atoms with Gasteiger partial charge in [-0.25, -0.2) is 9.03 Å². The number of rotatable bonds is 17. The summed E-state index contributed by atoms with van der Waals surface area (Å²) >= 11 is 12.3. The molecule has 0 atom stereocenters. The largest absolute Gasteiger partial charge is 0.313 e. The Labute approximate surface area is 285 Å². The van der Waals surface area contributed by atoms with Crippen LogP contribution in [0.4, 0.5) is 0 Å². The van der Waals surface area contributed by atoms with Crippen LogP contribution < -0.4 is 21.2 Å². The van der Waals surface area contributed by atoms with Crippen LogP contribution in [0.15, 0.2) is 130 Å². The highest BCUT2D eigenvalue weighted by molar-refractivity contribution is 8.12. The molecule has 4 rings (SSSR count). The summed E-state index contributed by atoms with van der Waals surface area (Å²) in [5.41, 5.74) is 0. The molecular formula is C34H44N2O4P4S2. The van der Waals surface area contributed by atoms with E-state index in [1.54, 1.807) is 0 Å². The fourth-order valence-electron chi connectivity index (χ4n) is 5.30. The van der Waals surface area contributed by atoms with E-state index < -0.39 is 27.4 Å². The molecule has 46 heavy (non-hydrogen) atoms. The van der Waals surface area contributed by atoms with E-state index in [9.17, 15) is 0 Å². The molecule has 6 nitrogen and oxygen atoms in total. The molecule has 0 spiro atoms. The van der Waals surface area contributed by atoms with E-state index in [2.05, 4.69) is 97.1 Å². The number of nitrogens with zero attached hydrogens (tertiary/aromatic N) is 2. The molecule has 0 aliphatic heterocycles. The van der Waals surface area contributed by atoms with Crippen molar-refractivity contribution >= 4 is 72.2 Å². The second kappa shape index (κ2) is 17.8. The van der Waals surface area contributed by atoms with Gasteiger partial charge in [0.15, 0.2) is 0 Å². The minimum absolute atomic E-state index is 0.413. The molecule has 246 valence electrons. The molecule has 0 bridgehead atoms. The fourth-order valence-corrected chi connectivity index (χ4v) is 23.1. The van der Waals surface area contributed by atoms with E-state index in [1.807, 2.05) is 52.0 Å². The molecule has 0 amide bonds. The predicted molar refractivity (Wildman–Crippen MR) is 208 cm³/mol. The van der Waals surface area contributed by atoms with Crippen LogP contribution in [0.5, 0.6) is 0 Å². The first-order valence-corrected chi connectivity index (χ1v) is 24.6. The number of hydrogen-bond acceptors (Lipinski definition) is 6. The maximum Gasteiger partial charge on any atom is 0.308 e. The van der Waals surface area contributed by atoms with Crippen molar-refractivity contribution in [1.82, 2.24) is 0 Å². The van der Waals surface area contributed by atoms with Gasteiger partial charge in [0.2, 0.25) is 0 Å². The first-order valence-electron chi connectivity index (χ1n) is 15.5. The molecular weight excluding hydrogens is 688 g/mol. The van der Waals surface area contributed by atoms with Crippen molar-refractivity contribution in [2.45, 2.75) is 27.7 Å². The van der Waals surface area contributed by atoms with Gasteiger partial charge in [0.25, 0.3) is 0 Å². The first-order chi connectivity index (χ1) is 22.3. The Morgan fingerprint density at radius 3 is 0.826 bits per heavy atom.